The monoisotopic (exact) mass is 529 g/mol. The van der Waals surface area contributed by atoms with E-state index in [9.17, 15) is 19.2 Å². The van der Waals surface area contributed by atoms with E-state index >= 15 is 0 Å². The molecule has 4 rings (SSSR count). The summed E-state index contributed by atoms with van der Waals surface area (Å²) in [5, 5.41) is 5.78. The van der Waals surface area contributed by atoms with Crippen LogP contribution in [0.4, 0.5) is 10.5 Å². The van der Waals surface area contributed by atoms with Gasteiger partial charge in [0.25, 0.3) is 5.91 Å². The Kier molecular flexibility index (Phi) is 8.94. The van der Waals surface area contributed by atoms with Gasteiger partial charge >= 0.3 is 6.16 Å². The summed E-state index contributed by atoms with van der Waals surface area (Å²) < 4.78 is 9.75. The van der Waals surface area contributed by atoms with Crippen molar-refractivity contribution in [3.8, 4) is 5.75 Å². The Morgan fingerprint density at radius 2 is 1.67 bits per heavy atom. The van der Waals surface area contributed by atoms with Gasteiger partial charge in [0.15, 0.2) is 0 Å². The summed E-state index contributed by atoms with van der Waals surface area (Å²) in [4.78, 5) is 51.6. The average Bonchev–Trinajstić information content (AvgIpc) is 3.34. The minimum absolute atomic E-state index is 0.0437. The molecule has 2 atom stereocenters. The van der Waals surface area contributed by atoms with Crippen LogP contribution < -0.4 is 15.4 Å². The second kappa shape index (κ2) is 12.7. The molecule has 0 bridgehead atoms. The summed E-state index contributed by atoms with van der Waals surface area (Å²) >= 11 is 0. The van der Waals surface area contributed by atoms with Gasteiger partial charge in [0.1, 0.15) is 5.75 Å². The van der Waals surface area contributed by atoms with Gasteiger partial charge in [-0.15, -0.1) is 0 Å². The normalized spacial score (nSPS) is 15.4. The second-order valence-corrected chi connectivity index (χ2v) is 9.17. The molecule has 1 saturated heterocycles. The molecule has 0 aliphatic carbocycles. The van der Waals surface area contributed by atoms with E-state index < -0.39 is 12.1 Å². The Labute approximate surface area is 227 Å². The third kappa shape index (κ3) is 7.01. The molecule has 1 fully saturated rings. The van der Waals surface area contributed by atoms with Crippen molar-refractivity contribution in [3.63, 3.8) is 0 Å². The SMILES string of the molecule is CCOC(=O)Oc1ccc(C(=O)Nc2ccccc2CNC(=O)C2CC(=O)N(C(C)c3ccccc3)C2)cc1. The average molecular weight is 530 g/mol. The summed E-state index contributed by atoms with van der Waals surface area (Å²) in [6.07, 6.45) is -0.650. The van der Waals surface area contributed by atoms with Crippen molar-refractivity contribution in [1.29, 1.82) is 0 Å². The molecule has 1 heterocycles. The van der Waals surface area contributed by atoms with Crippen molar-refractivity contribution in [3.05, 3.63) is 95.6 Å². The molecule has 39 heavy (non-hydrogen) atoms. The highest BCUT2D eigenvalue weighted by molar-refractivity contribution is 6.04. The van der Waals surface area contributed by atoms with Crippen LogP contribution in [0.15, 0.2) is 78.9 Å². The predicted molar refractivity (Wildman–Crippen MR) is 145 cm³/mol. The smallest absolute Gasteiger partial charge is 0.434 e. The zero-order valence-electron chi connectivity index (χ0n) is 21.9. The van der Waals surface area contributed by atoms with Crippen LogP contribution in [0.2, 0.25) is 0 Å². The molecule has 3 aromatic rings. The van der Waals surface area contributed by atoms with Crippen molar-refractivity contribution in [2.75, 3.05) is 18.5 Å². The van der Waals surface area contributed by atoms with Gasteiger partial charge in [-0.2, -0.15) is 0 Å². The van der Waals surface area contributed by atoms with Gasteiger partial charge in [-0.25, -0.2) is 4.79 Å². The molecule has 3 aromatic carbocycles. The number of para-hydroxylation sites is 1. The van der Waals surface area contributed by atoms with Crippen molar-refractivity contribution in [2.24, 2.45) is 5.92 Å². The molecule has 1 aliphatic rings. The van der Waals surface area contributed by atoms with E-state index in [-0.39, 0.29) is 49.1 Å². The van der Waals surface area contributed by atoms with Crippen LogP contribution in [0.5, 0.6) is 5.75 Å². The maximum absolute atomic E-state index is 13.0. The number of hydrogen-bond donors (Lipinski definition) is 2. The number of anilines is 1. The fourth-order valence-corrected chi connectivity index (χ4v) is 4.43. The lowest BCUT2D eigenvalue weighted by Gasteiger charge is -2.25. The number of amides is 3. The first kappa shape index (κ1) is 27.4. The Balaban J connectivity index is 1.33. The Bertz CT molecular complexity index is 1330. The van der Waals surface area contributed by atoms with Crippen molar-refractivity contribution in [2.45, 2.75) is 32.9 Å². The number of ether oxygens (including phenoxy) is 2. The quantitative estimate of drug-likeness (QED) is 0.307. The molecule has 202 valence electrons. The molecule has 1 aliphatic heterocycles. The highest BCUT2D eigenvalue weighted by Crippen LogP contribution is 2.28. The molecule has 0 aromatic heterocycles. The molecule has 3 amide bonds. The number of carbonyl (C=O) groups is 4. The third-order valence-electron chi connectivity index (χ3n) is 6.58. The zero-order chi connectivity index (χ0) is 27.8. The number of nitrogens with one attached hydrogen (secondary N) is 2. The minimum Gasteiger partial charge on any atom is -0.434 e. The van der Waals surface area contributed by atoms with E-state index in [0.717, 1.165) is 11.1 Å². The highest BCUT2D eigenvalue weighted by atomic mass is 16.7. The van der Waals surface area contributed by atoms with Gasteiger partial charge in [0, 0.05) is 30.8 Å². The predicted octanol–water partition coefficient (Wildman–Crippen LogP) is 4.70. The van der Waals surface area contributed by atoms with Gasteiger partial charge in [-0.3, -0.25) is 14.4 Å². The van der Waals surface area contributed by atoms with Gasteiger partial charge in [0.2, 0.25) is 11.8 Å². The highest BCUT2D eigenvalue weighted by Gasteiger charge is 2.36. The van der Waals surface area contributed by atoms with E-state index in [4.69, 9.17) is 9.47 Å². The number of carbonyl (C=O) groups excluding carboxylic acids is 4. The molecule has 2 unspecified atom stereocenters. The first-order valence-corrected chi connectivity index (χ1v) is 12.8. The topological polar surface area (TPSA) is 114 Å². The Morgan fingerprint density at radius 3 is 2.38 bits per heavy atom. The van der Waals surface area contributed by atoms with Gasteiger partial charge < -0.3 is 25.0 Å². The number of nitrogens with zero attached hydrogens (tertiary/aromatic N) is 1. The maximum Gasteiger partial charge on any atom is 0.513 e. The summed E-state index contributed by atoms with van der Waals surface area (Å²) in [6, 6.07) is 22.9. The van der Waals surface area contributed by atoms with Crippen molar-refractivity contribution >= 4 is 29.6 Å². The van der Waals surface area contributed by atoms with E-state index in [1.807, 2.05) is 49.4 Å². The summed E-state index contributed by atoms with van der Waals surface area (Å²) in [6.45, 7) is 4.39. The van der Waals surface area contributed by atoms with Crippen LogP contribution in [-0.2, 0) is 20.9 Å². The fourth-order valence-electron chi connectivity index (χ4n) is 4.43. The zero-order valence-corrected chi connectivity index (χ0v) is 21.9. The summed E-state index contributed by atoms with van der Waals surface area (Å²) in [7, 11) is 0. The number of rotatable bonds is 9. The number of hydrogen-bond acceptors (Lipinski definition) is 6. The largest absolute Gasteiger partial charge is 0.513 e. The van der Waals surface area contributed by atoms with E-state index in [1.54, 1.807) is 24.0 Å². The van der Waals surface area contributed by atoms with Gasteiger partial charge in [-0.1, -0.05) is 48.5 Å². The summed E-state index contributed by atoms with van der Waals surface area (Å²) in [5.74, 6) is -0.790. The Hall–Kier alpha value is -4.66. The van der Waals surface area contributed by atoms with Crippen LogP contribution in [-0.4, -0.2) is 41.9 Å². The van der Waals surface area contributed by atoms with Crippen LogP contribution in [0.3, 0.4) is 0 Å². The van der Waals surface area contributed by atoms with Gasteiger partial charge in [0.05, 0.1) is 18.6 Å². The molecule has 2 N–H and O–H groups in total. The standard InChI is InChI=1S/C30H31N3O6/c1-3-38-30(37)39-25-15-13-22(14-16-25)29(36)32-26-12-8-7-11-23(26)18-31-28(35)24-17-27(34)33(19-24)20(2)21-9-5-4-6-10-21/h4-16,20,24H,3,17-19H2,1-2H3,(H,31,35)(H,32,36). The molecule has 0 saturated carbocycles. The van der Waals surface area contributed by atoms with Crippen LogP contribution in [0.1, 0.15) is 47.8 Å². The van der Waals surface area contributed by atoms with E-state index in [0.29, 0.717) is 17.8 Å². The number of likely N-dealkylation sites (tertiary alicyclic amines) is 1. The molecular weight excluding hydrogens is 498 g/mol. The molecule has 0 radical (unpaired) electrons. The minimum atomic E-state index is -0.814. The van der Waals surface area contributed by atoms with Crippen LogP contribution >= 0.6 is 0 Å². The number of benzene rings is 3. The molecule has 9 heteroatoms. The fraction of sp³-hybridized carbons (Fsp3) is 0.267. The lowest BCUT2D eigenvalue weighted by molar-refractivity contribution is -0.130. The molecule has 0 spiro atoms. The third-order valence-corrected chi connectivity index (χ3v) is 6.58. The molecular formula is C30H31N3O6. The second-order valence-electron chi connectivity index (χ2n) is 9.17. The lowest BCUT2D eigenvalue weighted by atomic mass is 10.1. The van der Waals surface area contributed by atoms with Crippen LogP contribution in [0, 0.1) is 5.92 Å². The van der Waals surface area contributed by atoms with E-state index in [2.05, 4.69) is 10.6 Å². The first-order chi connectivity index (χ1) is 18.9. The lowest BCUT2D eigenvalue weighted by Crippen LogP contribution is -2.33. The Morgan fingerprint density at radius 1 is 0.974 bits per heavy atom. The molecule has 9 nitrogen and oxygen atoms in total. The van der Waals surface area contributed by atoms with Crippen molar-refractivity contribution < 1.29 is 28.7 Å². The van der Waals surface area contributed by atoms with E-state index in [1.165, 1.54) is 24.3 Å². The van der Waals surface area contributed by atoms with Crippen LogP contribution in [0.25, 0.3) is 0 Å². The summed E-state index contributed by atoms with van der Waals surface area (Å²) in [5.41, 5.74) is 2.66. The van der Waals surface area contributed by atoms with Crippen molar-refractivity contribution in [1.82, 2.24) is 10.2 Å². The maximum atomic E-state index is 13.0. The first-order valence-electron chi connectivity index (χ1n) is 12.8. The van der Waals surface area contributed by atoms with Gasteiger partial charge in [-0.05, 0) is 55.3 Å².